The van der Waals surface area contributed by atoms with Crippen LogP contribution in [0.5, 0.6) is 11.5 Å². The number of carbonyl (C=O) groups excluding carboxylic acids is 4. The number of ether oxygens (including phenoxy) is 6. The Labute approximate surface area is 255 Å². The zero-order valence-electron chi connectivity index (χ0n) is 26.1. The number of rotatable bonds is 17. The van der Waals surface area contributed by atoms with Crippen molar-refractivity contribution >= 4 is 24.2 Å². The molecule has 0 bridgehead atoms. The molecule has 11 nitrogen and oxygen atoms in total. The molecule has 2 rings (SSSR count). The van der Waals surface area contributed by atoms with Gasteiger partial charge in [0.1, 0.15) is 18.2 Å². The predicted octanol–water partition coefficient (Wildman–Crippen LogP) is 6.41. The zero-order chi connectivity index (χ0) is 31.6. The van der Waals surface area contributed by atoms with Crippen molar-refractivity contribution in [3.63, 3.8) is 0 Å². The highest BCUT2D eigenvalue weighted by atomic mass is 16.7. The van der Waals surface area contributed by atoms with Gasteiger partial charge in [0.15, 0.2) is 11.5 Å². The Hall–Kier alpha value is -3.34. The maximum atomic E-state index is 12.8. The smallest absolute Gasteiger partial charge is 0.459 e. The normalized spacial score (nSPS) is 15.5. The van der Waals surface area contributed by atoms with E-state index in [4.69, 9.17) is 34.2 Å². The van der Waals surface area contributed by atoms with Crippen LogP contribution in [0.15, 0.2) is 18.2 Å². The molecule has 1 aromatic rings. The lowest BCUT2D eigenvalue weighted by Gasteiger charge is -2.26. The minimum atomic E-state index is -1.06. The number of unbranched alkanes of at least 4 members (excludes halogenated alkanes) is 4. The monoisotopic (exact) mass is 607 g/mol. The number of benzene rings is 1. The quantitative estimate of drug-likeness (QED) is 0.0905. The first-order valence-electron chi connectivity index (χ1n) is 15.6. The Balaban J connectivity index is 2.00. The van der Waals surface area contributed by atoms with Gasteiger partial charge in [0.2, 0.25) is 0 Å². The van der Waals surface area contributed by atoms with E-state index in [9.17, 15) is 19.2 Å². The van der Waals surface area contributed by atoms with Crippen LogP contribution in [0.25, 0.3) is 0 Å². The lowest BCUT2D eigenvalue weighted by Crippen LogP contribution is -2.40. The van der Waals surface area contributed by atoms with Crippen molar-refractivity contribution in [3.8, 4) is 11.5 Å². The van der Waals surface area contributed by atoms with Crippen molar-refractivity contribution in [3.05, 3.63) is 23.8 Å². The molecule has 11 heteroatoms. The third kappa shape index (κ3) is 13.7. The van der Waals surface area contributed by atoms with E-state index >= 15 is 0 Å². The van der Waals surface area contributed by atoms with Crippen molar-refractivity contribution in [2.24, 2.45) is 11.7 Å². The lowest BCUT2D eigenvalue weighted by molar-refractivity contribution is -0.169. The lowest BCUT2D eigenvalue weighted by atomic mass is 9.89. The van der Waals surface area contributed by atoms with E-state index in [1.807, 2.05) is 13.8 Å². The van der Waals surface area contributed by atoms with E-state index in [1.54, 1.807) is 19.9 Å². The fourth-order valence-corrected chi connectivity index (χ4v) is 4.51. The van der Waals surface area contributed by atoms with Crippen molar-refractivity contribution in [2.45, 2.75) is 123 Å². The van der Waals surface area contributed by atoms with Gasteiger partial charge in [-0.2, -0.15) is 0 Å². The maximum Gasteiger partial charge on any atom is 0.513 e. The molecule has 2 N–H and O–H groups in total. The summed E-state index contributed by atoms with van der Waals surface area (Å²) in [6.07, 6.45) is 6.72. The zero-order valence-corrected chi connectivity index (χ0v) is 26.1. The molecule has 0 unspecified atom stereocenters. The van der Waals surface area contributed by atoms with Gasteiger partial charge in [0.25, 0.3) is 0 Å². The van der Waals surface area contributed by atoms with Gasteiger partial charge < -0.3 is 34.2 Å². The van der Waals surface area contributed by atoms with E-state index < -0.39 is 36.5 Å². The number of nitrogens with two attached hydrogens (primary N) is 1. The highest BCUT2D eigenvalue weighted by molar-refractivity contribution is 5.76. The van der Waals surface area contributed by atoms with Crippen LogP contribution in [0, 0.1) is 5.92 Å². The summed E-state index contributed by atoms with van der Waals surface area (Å²) < 4.78 is 31.9. The third-order valence-electron chi connectivity index (χ3n) is 7.29. The summed E-state index contributed by atoms with van der Waals surface area (Å²) >= 11 is 0. The summed E-state index contributed by atoms with van der Waals surface area (Å²) in [5, 5.41) is 0. The Morgan fingerprint density at radius 3 is 1.93 bits per heavy atom. The van der Waals surface area contributed by atoms with Crippen molar-refractivity contribution < 1.29 is 47.6 Å². The molecular weight excluding hydrogens is 558 g/mol. The molecule has 0 aromatic heterocycles. The molecule has 0 saturated heterocycles. The first kappa shape index (κ1) is 35.9. The van der Waals surface area contributed by atoms with Gasteiger partial charge in [-0.15, -0.1) is 0 Å². The number of esters is 2. The molecule has 0 amide bonds. The number of carbonyl (C=O) groups is 4. The summed E-state index contributed by atoms with van der Waals surface area (Å²) in [7, 11) is 0. The molecule has 43 heavy (non-hydrogen) atoms. The first-order chi connectivity index (χ1) is 20.6. The molecule has 0 spiro atoms. The molecular formula is C32H49NO10. The molecule has 242 valence electrons. The van der Waals surface area contributed by atoms with E-state index in [0.29, 0.717) is 18.4 Å². The molecule has 1 aliphatic rings. The van der Waals surface area contributed by atoms with Crippen LogP contribution in [-0.2, 0) is 35.0 Å². The third-order valence-corrected chi connectivity index (χ3v) is 7.29. The van der Waals surface area contributed by atoms with E-state index in [-0.39, 0.29) is 43.0 Å². The predicted molar refractivity (Wildman–Crippen MR) is 159 cm³/mol. The van der Waals surface area contributed by atoms with Crippen LogP contribution in [0.2, 0.25) is 0 Å². The van der Waals surface area contributed by atoms with Gasteiger partial charge in [0.05, 0.1) is 19.1 Å². The summed E-state index contributed by atoms with van der Waals surface area (Å²) in [6.45, 7) is 7.79. The summed E-state index contributed by atoms with van der Waals surface area (Å²) in [5.41, 5.74) is 6.66. The standard InChI is InChI=1S/C32H49NO10/c1-5-7-12-18-38-31(36)42-27-17-16-24(21-28(27)43-32(37)39-19-13-8-6-2)20-26(33)30(35)41-23(4)22(3)40-29(34)25-14-10-9-11-15-25/h16-17,21-23,25-26H,5-15,18-20,33H2,1-4H3/t22-,23-,26-/m0/s1. The second kappa shape index (κ2) is 19.8. The van der Waals surface area contributed by atoms with Crippen LogP contribution in [-0.4, -0.2) is 55.7 Å². The van der Waals surface area contributed by atoms with Gasteiger partial charge >= 0.3 is 24.2 Å². The van der Waals surface area contributed by atoms with Crippen molar-refractivity contribution in [2.75, 3.05) is 13.2 Å². The Morgan fingerprint density at radius 1 is 0.791 bits per heavy atom. The van der Waals surface area contributed by atoms with Gasteiger partial charge in [-0.05, 0) is 63.6 Å². The van der Waals surface area contributed by atoms with Crippen LogP contribution in [0.3, 0.4) is 0 Å². The Kier molecular flexibility index (Phi) is 16.5. The molecule has 1 saturated carbocycles. The summed E-state index contributed by atoms with van der Waals surface area (Å²) in [6, 6.07) is 3.39. The number of hydrogen-bond acceptors (Lipinski definition) is 11. The van der Waals surface area contributed by atoms with Crippen molar-refractivity contribution in [1.82, 2.24) is 0 Å². The highest BCUT2D eigenvalue weighted by Gasteiger charge is 2.28. The van der Waals surface area contributed by atoms with Crippen LogP contribution < -0.4 is 15.2 Å². The van der Waals surface area contributed by atoms with Gasteiger partial charge in [-0.3, -0.25) is 9.59 Å². The molecule has 3 atom stereocenters. The Morgan fingerprint density at radius 2 is 1.35 bits per heavy atom. The summed E-state index contributed by atoms with van der Waals surface area (Å²) in [5.74, 6) is -1.18. The molecule has 1 fully saturated rings. The first-order valence-corrected chi connectivity index (χ1v) is 15.6. The summed E-state index contributed by atoms with van der Waals surface area (Å²) in [4.78, 5) is 49.7. The minimum absolute atomic E-state index is 0.0332. The maximum absolute atomic E-state index is 12.8. The fourth-order valence-electron chi connectivity index (χ4n) is 4.51. The van der Waals surface area contributed by atoms with Crippen molar-refractivity contribution in [1.29, 1.82) is 0 Å². The second-order valence-corrected chi connectivity index (χ2v) is 11.0. The van der Waals surface area contributed by atoms with E-state index in [2.05, 4.69) is 0 Å². The molecule has 0 radical (unpaired) electrons. The van der Waals surface area contributed by atoms with Gasteiger partial charge in [0, 0.05) is 0 Å². The molecule has 1 aromatic carbocycles. The van der Waals surface area contributed by atoms with Gasteiger partial charge in [-0.1, -0.05) is 64.9 Å². The van der Waals surface area contributed by atoms with Crippen LogP contribution >= 0.6 is 0 Å². The SMILES string of the molecule is CCCCCOC(=O)Oc1ccc(C[C@H](N)C(=O)O[C@@H](C)[C@H](C)OC(=O)C2CCCCC2)cc1OC(=O)OCCCCC. The van der Waals surface area contributed by atoms with E-state index in [0.717, 1.165) is 57.8 Å². The van der Waals surface area contributed by atoms with E-state index in [1.165, 1.54) is 12.1 Å². The Bertz CT molecular complexity index is 1020. The largest absolute Gasteiger partial charge is 0.513 e. The average Bonchev–Trinajstić information content (AvgIpc) is 2.99. The highest BCUT2D eigenvalue weighted by Crippen LogP contribution is 2.30. The van der Waals surface area contributed by atoms with Gasteiger partial charge in [-0.25, -0.2) is 9.59 Å². The minimum Gasteiger partial charge on any atom is -0.459 e. The topological polar surface area (TPSA) is 150 Å². The number of hydrogen-bond donors (Lipinski definition) is 1. The average molecular weight is 608 g/mol. The van der Waals surface area contributed by atoms with Crippen LogP contribution in [0.4, 0.5) is 9.59 Å². The molecule has 0 aliphatic heterocycles. The molecule has 1 aliphatic carbocycles. The second-order valence-electron chi connectivity index (χ2n) is 11.0. The van der Waals surface area contributed by atoms with Crippen LogP contribution in [0.1, 0.15) is 104 Å². The fraction of sp³-hybridized carbons (Fsp3) is 0.688. The molecule has 0 heterocycles.